The molecule has 0 radical (unpaired) electrons. The van der Waals surface area contributed by atoms with Crippen molar-refractivity contribution < 1.29 is 8.78 Å². The summed E-state index contributed by atoms with van der Waals surface area (Å²) in [5.41, 5.74) is 0.386. The van der Waals surface area contributed by atoms with Gasteiger partial charge in [-0.2, -0.15) is 5.26 Å². The number of piperidine rings is 1. The van der Waals surface area contributed by atoms with Crippen LogP contribution in [0.25, 0.3) is 0 Å². The quantitative estimate of drug-likeness (QED) is 0.763. The highest BCUT2D eigenvalue weighted by atomic mass is 19.1. The van der Waals surface area contributed by atoms with Crippen molar-refractivity contribution in [3.05, 3.63) is 29.3 Å². The minimum Gasteiger partial charge on any atom is -0.366 e. The highest BCUT2D eigenvalue weighted by Gasteiger charge is 2.46. The molecule has 1 aliphatic heterocycles. The molecular weight excluding hydrogens is 234 g/mol. The van der Waals surface area contributed by atoms with Crippen molar-refractivity contribution in [1.82, 2.24) is 0 Å². The zero-order valence-electron chi connectivity index (χ0n) is 10.0. The summed E-state index contributed by atoms with van der Waals surface area (Å²) in [7, 11) is 0. The maximum absolute atomic E-state index is 13.9. The molecule has 3 rings (SSSR count). The van der Waals surface area contributed by atoms with E-state index in [2.05, 4.69) is 0 Å². The molecule has 0 bridgehead atoms. The molecule has 2 aliphatic rings. The molecule has 0 amide bonds. The summed E-state index contributed by atoms with van der Waals surface area (Å²) < 4.78 is 27.8. The zero-order chi connectivity index (χ0) is 12.8. The van der Waals surface area contributed by atoms with Crippen molar-refractivity contribution in [2.24, 2.45) is 5.41 Å². The molecule has 1 spiro atoms. The van der Waals surface area contributed by atoms with Gasteiger partial charge < -0.3 is 4.90 Å². The lowest BCUT2D eigenvalue weighted by Gasteiger charge is -2.35. The van der Waals surface area contributed by atoms with Gasteiger partial charge in [0.1, 0.15) is 5.69 Å². The molecule has 2 fully saturated rings. The van der Waals surface area contributed by atoms with Crippen LogP contribution in [0.5, 0.6) is 0 Å². The molecule has 0 aromatic heterocycles. The number of nitrogens with zero attached hydrogens (tertiary/aromatic N) is 2. The fourth-order valence-electron chi connectivity index (χ4n) is 2.92. The van der Waals surface area contributed by atoms with E-state index in [9.17, 15) is 8.78 Å². The van der Waals surface area contributed by atoms with E-state index in [4.69, 9.17) is 5.26 Å². The molecule has 1 aliphatic carbocycles. The molecule has 1 aromatic carbocycles. The van der Waals surface area contributed by atoms with Crippen molar-refractivity contribution in [2.45, 2.75) is 25.7 Å². The molecule has 94 valence electrons. The molecule has 18 heavy (non-hydrogen) atoms. The van der Waals surface area contributed by atoms with Crippen molar-refractivity contribution >= 4 is 5.69 Å². The van der Waals surface area contributed by atoms with E-state index in [1.165, 1.54) is 19.3 Å². The summed E-state index contributed by atoms with van der Waals surface area (Å²) in [6.07, 6.45) is 4.49. The van der Waals surface area contributed by atoms with Gasteiger partial charge in [-0.3, -0.25) is 0 Å². The number of anilines is 1. The molecule has 1 saturated heterocycles. The van der Waals surface area contributed by atoms with Crippen LogP contribution in [0.3, 0.4) is 0 Å². The largest absolute Gasteiger partial charge is 0.366 e. The van der Waals surface area contributed by atoms with Crippen LogP contribution in [-0.2, 0) is 0 Å². The first-order chi connectivity index (χ1) is 8.63. The van der Waals surface area contributed by atoms with E-state index in [0.29, 0.717) is 12.0 Å². The monoisotopic (exact) mass is 248 g/mol. The minimum atomic E-state index is -0.621. The van der Waals surface area contributed by atoms with Crippen LogP contribution >= 0.6 is 0 Å². The van der Waals surface area contributed by atoms with Gasteiger partial charge in [0.2, 0.25) is 0 Å². The first-order valence-corrected chi connectivity index (χ1v) is 6.28. The van der Waals surface area contributed by atoms with E-state index in [1.54, 1.807) is 6.07 Å². The second-order valence-corrected chi connectivity index (χ2v) is 5.43. The second-order valence-electron chi connectivity index (χ2n) is 5.43. The van der Waals surface area contributed by atoms with E-state index < -0.39 is 11.6 Å². The van der Waals surface area contributed by atoms with Crippen LogP contribution in [0.15, 0.2) is 12.1 Å². The van der Waals surface area contributed by atoms with E-state index in [1.807, 2.05) is 4.90 Å². The third-order valence-corrected chi connectivity index (χ3v) is 4.08. The van der Waals surface area contributed by atoms with Crippen molar-refractivity contribution in [3.63, 3.8) is 0 Å². The highest BCUT2D eigenvalue weighted by Crippen LogP contribution is 2.52. The zero-order valence-corrected chi connectivity index (χ0v) is 10.0. The Morgan fingerprint density at radius 1 is 1.17 bits per heavy atom. The average Bonchev–Trinajstić information content (AvgIpc) is 3.07. The third kappa shape index (κ3) is 1.84. The van der Waals surface area contributed by atoms with Gasteiger partial charge in [0.15, 0.2) is 11.6 Å². The van der Waals surface area contributed by atoms with E-state index in [-0.39, 0.29) is 11.3 Å². The van der Waals surface area contributed by atoms with Crippen LogP contribution in [-0.4, -0.2) is 13.1 Å². The fourth-order valence-corrected chi connectivity index (χ4v) is 2.92. The van der Waals surface area contributed by atoms with Gasteiger partial charge in [0.05, 0.1) is 11.6 Å². The summed E-state index contributed by atoms with van der Waals surface area (Å²) in [5.74, 6) is -1.24. The summed E-state index contributed by atoms with van der Waals surface area (Å²) in [5, 5.41) is 8.68. The first-order valence-electron chi connectivity index (χ1n) is 6.28. The van der Waals surface area contributed by atoms with Gasteiger partial charge in [0, 0.05) is 13.1 Å². The Balaban J connectivity index is 1.94. The predicted octanol–water partition coefficient (Wildman–Crippen LogP) is 3.22. The number of benzene rings is 1. The van der Waals surface area contributed by atoms with Crippen LogP contribution in [0.1, 0.15) is 31.2 Å². The first kappa shape index (κ1) is 11.5. The number of rotatable bonds is 1. The minimum absolute atomic E-state index is 0.0342. The van der Waals surface area contributed by atoms with E-state index >= 15 is 0 Å². The topological polar surface area (TPSA) is 27.0 Å². The summed E-state index contributed by atoms with van der Waals surface area (Å²) in [4.78, 5) is 1.81. The lowest BCUT2D eigenvalue weighted by atomic mass is 9.94. The van der Waals surface area contributed by atoms with Crippen molar-refractivity contribution in [3.8, 4) is 6.07 Å². The number of hydrogen-bond acceptors (Lipinski definition) is 2. The van der Waals surface area contributed by atoms with Gasteiger partial charge in [-0.1, -0.05) is 0 Å². The molecule has 1 aromatic rings. The van der Waals surface area contributed by atoms with E-state index in [0.717, 1.165) is 25.1 Å². The van der Waals surface area contributed by atoms with Crippen molar-refractivity contribution in [1.29, 1.82) is 5.26 Å². The van der Waals surface area contributed by atoms with Gasteiger partial charge in [-0.15, -0.1) is 0 Å². The Morgan fingerprint density at radius 2 is 1.83 bits per heavy atom. The molecular formula is C14H14F2N2. The summed E-state index contributed by atoms with van der Waals surface area (Å²) in [6, 6.07) is 4.00. The van der Waals surface area contributed by atoms with Gasteiger partial charge >= 0.3 is 0 Å². The van der Waals surface area contributed by atoms with Crippen molar-refractivity contribution in [2.75, 3.05) is 18.0 Å². The molecule has 1 heterocycles. The molecule has 0 unspecified atom stereocenters. The molecule has 2 nitrogen and oxygen atoms in total. The summed E-state index contributed by atoms with van der Waals surface area (Å²) in [6.45, 7) is 1.44. The Kier molecular flexibility index (Phi) is 2.51. The maximum Gasteiger partial charge on any atom is 0.150 e. The van der Waals surface area contributed by atoms with Crippen LogP contribution in [0, 0.1) is 28.4 Å². The SMILES string of the molecule is N#Cc1cc(F)c(N2CCCC3(CC3)C2)c(F)c1. The van der Waals surface area contributed by atoms with Gasteiger partial charge in [-0.25, -0.2) is 8.78 Å². The third-order valence-electron chi connectivity index (χ3n) is 4.08. The lowest BCUT2D eigenvalue weighted by Crippen LogP contribution is -2.37. The standard InChI is InChI=1S/C14H14F2N2/c15-11-6-10(8-17)7-12(16)13(11)18-5-1-2-14(9-18)3-4-14/h6-7H,1-5,9H2. The normalized spacial score (nSPS) is 20.8. The fraction of sp³-hybridized carbons (Fsp3) is 0.500. The maximum atomic E-state index is 13.9. The Morgan fingerprint density at radius 3 is 2.39 bits per heavy atom. The molecule has 0 atom stereocenters. The molecule has 0 N–H and O–H groups in total. The Labute approximate surface area is 105 Å². The van der Waals surface area contributed by atoms with Gasteiger partial charge in [0.25, 0.3) is 0 Å². The summed E-state index contributed by atoms with van der Waals surface area (Å²) >= 11 is 0. The number of hydrogen-bond donors (Lipinski definition) is 0. The Bertz CT molecular complexity index is 506. The molecule has 1 saturated carbocycles. The molecule has 4 heteroatoms. The van der Waals surface area contributed by atoms with Crippen LogP contribution in [0.2, 0.25) is 0 Å². The second kappa shape index (κ2) is 3.94. The van der Waals surface area contributed by atoms with Crippen LogP contribution in [0.4, 0.5) is 14.5 Å². The number of nitriles is 1. The van der Waals surface area contributed by atoms with Crippen LogP contribution < -0.4 is 4.90 Å². The Hall–Kier alpha value is -1.63. The lowest BCUT2D eigenvalue weighted by molar-refractivity contribution is 0.388. The smallest absolute Gasteiger partial charge is 0.150 e. The van der Waals surface area contributed by atoms with Gasteiger partial charge in [-0.05, 0) is 43.2 Å². The average molecular weight is 248 g/mol. The predicted molar refractivity (Wildman–Crippen MR) is 64.2 cm³/mol. The number of halogens is 2. The highest BCUT2D eigenvalue weighted by molar-refractivity contribution is 5.53.